The van der Waals surface area contributed by atoms with Crippen molar-refractivity contribution in [3.8, 4) is 0 Å². The highest BCUT2D eigenvalue weighted by Gasteiger charge is 2.37. The Bertz CT molecular complexity index is 397. The monoisotopic (exact) mass is 257 g/mol. The minimum absolute atomic E-state index is 0.0667. The lowest BCUT2D eigenvalue weighted by molar-refractivity contribution is -0.169. The van der Waals surface area contributed by atoms with Crippen LogP contribution in [0.25, 0.3) is 0 Å². The Kier molecular flexibility index (Phi) is 3.48. The largest absolute Gasteiger partial charge is 0.456 e. The SMILES string of the molecule is CN1CC(=O)NC1=NC1CC(O)C(CO)OC1=O. The van der Waals surface area contributed by atoms with Gasteiger partial charge in [0.05, 0.1) is 19.3 Å². The second kappa shape index (κ2) is 4.91. The fourth-order valence-electron chi connectivity index (χ4n) is 1.88. The number of guanidine groups is 1. The van der Waals surface area contributed by atoms with Crippen LogP contribution in [0.2, 0.25) is 0 Å². The molecule has 0 aromatic heterocycles. The van der Waals surface area contributed by atoms with E-state index in [0.717, 1.165) is 0 Å². The third-order valence-corrected chi connectivity index (χ3v) is 2.89. The third-order valence-electron chi connectivity index (χ3n) is 2.89. The van der Waals surface area contributed by atoms with Crippen LogP contribution >= 0.6 is 0 Å². The number of rotatable bonds is 2. The molecule has 0 aliphatic carbocycles. The van der Waals surface area contributed by atoms with Crippen molar-refractivity contribution in [2.75, 3.05) is 20.2 Å². The molecule has 3 atom stereocenters. The maximum atomic E-state index is 11.6. The van der Waals surface area contributed by atoms with Gasteiger partial charge in [0, 0.05) is 13.5 Å². The van der Waals surface area contributed by atoms with E-state index in [1.807, 2.05) is 0 Å². The van der Waals surface area contributed by atoms with Crippen molar-refractivity contribution in [2.24, 2.45) is 4.99 Å². The maximum absolute atomic E-state index is 11.6. The van der Waals surface area contributed by atoms with Crippen molar-refractivity contribution < 1.29 is 24.5 Å². The second-order valence-electron chi connectivity index (χ2n) is 4.33. The Morgan fingerprint density at radius 2 is 2.28 bits per heavy atom. The van der Waals surface area contributed by atoms with Crippen molar-refractivity contribution in [1.29, 1.82) is 0 Å². The van der Waals surface area contributed by atoms with E-state index >= 15 is 0 Å². The van der Waals surface area contributed by atoms with Gasteiger partial charge >= 0.3 is 5.97 Å². The lowest BCUT2D eigenvalue weighted by Crippen LogP contribution is -2.46. The average Bonchev–Trinajstić information content (AvgIpc) is 2.62. The first-order chi connectivity index (χ1) is 8.51. The molecule has 3 N–H and O–H groups in total. The Labute approximate surface area is 103 Å². The summed E-state index contributed by atoms with van der Waals surface area (Å²) >= 11 is 0. The standard InChI is InChI=1S/C10H15N3O5/c1-13-3-8(16)12-10(13)11-5-2-6(15)7(4-14)18-9(5)17/h5-7,14-15H,2-4H2,1H3,(H,11,12,16). The number of amides is 1. The molecular weight excluding hydrogens is 242 g/mol. The maximum Gasteiger partial charge on any atom is 0.331 e. The van der Waals surface area contributed by atoms with Crippen LogP contribution in [-0.4, -0.2) is 71.4 Å². The summed E-state index contributed by atoms with van der Waals surface area (Å²) in [7, 11) is 1.66. The lowest BCUT2D eigenvalue weighted by atomic mass is 10.0. The van der Waals surface area contributed by atoms with Gasteiger partial charge in [0.2, 0.25) is 11.9 Å². The molecule has 2 aliphatic rings. The summed E-state index contributed by atoms with van der Waals surface area (Å²) in [6.07, 6.45) is -1.79. The molecule has 0 spiro atoms. The van der Waals surface area contributed by atoms with Crippen molar-refractivity contribution in [1.82, 2.24) is 10.2 Å². The first-order valence-electron chi connectivity index (χ1n) is 5.59. The highest BCUT2D eigenvalue weighted by molar-refractivity contribution is 6.04. The summed E-state index contributed by atoms with van der Waals surface area (Å²) in [4.78, 5) is 28.4. The minimum Gasteiger partial charge on any atom is -0.456 e. The van der Waals surface area contributed by atoms with Crippen LogP contribution in [0.4, 0.5) is 0 Å². The highest BCUT2D eigenvalue weighted by atomic mass is 16.6. The zero-order valence-corrected chi connectivity index (χ0v) is 9.87. The van der Waals surface area contributed by atoms with Gasteiger partial charge in [-0.2, -0.15) is 0 Å². The smallest absolute Gasteiger partial charge is 0.331 e. The van der Waals surface area contributed by atoms with Crippen LogP contribution in [0.1, 0.15) is 6.42 Å². The molecule has 0 aromatic rings. The molecule has 2 aliphatic heterocycles. The predicted molar refractivity (Wildman–Crippen MR) is 59.6 cm³/mol. The number of nitrogens with one attached hydrogen (secondary N) is 1. The van der Waals surface area contributed by atoms with Gasteiger partial charge in [-0.1, -0.05) is 0 Å². The number of aliphatic imine (C=N–C) groups is 1. The van der Waals surface area contributed by atoms with Crippen molar-refractivity contribution in [3.05, 3.63) is 0 Å². The number of nitrogens with zero attached hydrogens (tertiary/aromatic N) is 2. The summed E-state index contributed by atoms with van der Waals surface area (Å²) < 4.78 is 4.86. The number of aliphatic hydroxyl groups is 2. The van der Waals surface area contributed by atoms with Gasteiger partial charge in [-0.25, -0.2) is 9.79 Å². The van der Waals surface area contributed by atoms with Gasteiger partial charge in [-0.3, -0.25) is 10.1 Å². The van der Waals surface area contributed by atoms with E-state index < -0.39 is 30.8 Å². The van der Waals surface area contributed by atoms with Crippen molar-refractivity contribution in [2.45, 2.75) is 24.7 Å². The molecule has 8 heteroatoms. The molecular formula is C10H15N3O5. The van der Waals surface area contributed by atoms with E-state index in [-0.39, 0.29) is 24.8 Å². The Morgan fingerprint density at radius 1 is 1.56 bits per heavy atom. The van der Waals surface area contributed by atoms with Crippen molar-refractivity contribution >= 4 is 17.8 Å². The molecule has 3 unspecified atom stereocenters. The van der Waals surface area contributed by atoms with Crippen LogP contribution < -0.4 is 5.32 Å². The summed E-state index contributed by atoms with van der Waals surface area (Å²) in [6.45, 7) is -0.241. The number of carbonyl (C=O) groups is 2. The van der Waals surface area contributed by atoms with Crippen LogP contribution in [0, 0.1) is 0 Å². The molecule has 0 saturated carbocycles. The fourth-order valence-corrected chi connectivity index (χ4v) is 1.88. The molecule has 0 aromatic carbocycles. The Hall–Kier alpha value is -1.67. The van der Waals surface area contributed by atoms with Gasteiger partial charge in [-0.15, -0.1) is 0 Å². The fraction of sp³-hybridized carbons (Fsp3) is 0.700. The second-order valence-corrected chi connectivity index (χ2v) is 4.33. The molecule has 1 amide bonds. The molecule has 2 rings (SSSR count). The molecule has 100 valence electrons. The average molecular weight is 257 g/mol. The normalized spacial score (nSPS) is 34.7. The Morgan fingerprint density at radius 3 is 2.83 bits per heavy atom. The Balaban J connectivity index is 2.08. The zero-order chi connectivity index (χ0) is 13.3. The van der Waals surface area contributed by atoms with Crippen LogP contribution in [0.15, 0.2) is 4.99 Å². The lowest BCUT2D eigenvalue weighted by Gasteiger charge is -2.29. The summed E-state index contributed by atoms with van der Waals surface area (Å²) in [5, 5.41) is 21.0. The number of aliphatic hydroxyl groups excluding tert-OH is 2. The number of likely N-dealkylation sites (N-methyl/N-ethyl adjacent to an activating group) is 1. The summed E-state index contributed by atoms with van der Waals surface area (Å²) in [5.74, 6) is -0.521. The van der Waals surface area contributed by atoms with E-state index in [1.54, 1.807) is 11.9 Å². The quantitative estimate of drug-likeness (QED) is 0.469. The van der Waals surface area contributed by atoms with Gasteiger partial charge in [-0.05, 0) is 0 Å². The first-order valence-corrected chi connectivity index (χ1v) is 5.59. The summed E-state index contributed by atoms with van der Waals surface area (Å²) in [5.41, 5.74) is 0. The number of esters is 1. The molecule has 2 heterocycles. The van der Waals surface area contributed by atoms with E-state index in [1.165, 1.54) is 0 Å². The number of hydrogen-bond acceptors (Lipinski definition) is 6. The molecule has 8 nitrogen and oxygen atoms in total. The number of hydrogen-bond donors (Lipinski definition) is 3. The molecule has 0 bridgehead atoms. The van der Waals surface area contributed by atoms with E-state index in [9.17, 15) is 14.7 Å². The van der Waals surface area contributed by atoms with Crippen LogP contribution in [-0.2, 0) is 14.3 Å². The molecule has 0 radical (unpaired) electrons. The zero-order valence-electron chi connectivity index (χ0n) is 9.87. The number of cyclic esters (lactones) is 1. The predicted octanol–water partition coefficient (Wildman–Crippen LogP) is -2.56. The topological polar surface area (TPSA) is 111 Å². The van der Waals surface area contributed by atoms with E-state index in [0.29, 0.717) is 0 Å². The molecule has 2 fully saturated rings. The number of carbonyl (C=O) groups excluding carboxylic acids is 2. The van der Waals surface area contributed by atoms with E-state index in [4.69, 9.17) is 9.84 Å². The minimum atomic E-state index is -0.954. The molecule has 18 heavy (non-hydrogen) atoms. The van der Waals surface area contributed by atoms with Gasteiger partial charge in [0.1, 0.15) is 0 Å². The third kappa shape index (κ3) is 2.44. The van der Waals surface area contributed by atoms with Crippen LogP contribution in [0.5, 0.6) is 0 Å². The van der Waals surface area contributed by atoms with Gasteiger partial charge < -0.3 is 19.8 Å². The summed E-state index contributed by atoms with van der Waals surface area (Å²) in [6, 6.07) is -0.862. The van der Waals surface area contributed by atoms with Crippen molar-refractivity contribution in [3.63, 3.8) is 0 Å². The van der Waals surface area contributed by atoms with E-state index in [2.05, 4.69) is 10.3 Å². The number of ether oxygens (including phenoxy) is 1. The highest BCUT2D eigenvalue weighted by Crippen LogP contribution is 2.18. The van der Waals surface area contributed by atoms with Gasteiger partial charge in [0.25, 0.3) is 0 Å². The first kappa shape index (κ1) is 12.8. The van der Waals surface area contributed by atoms with Crippen LogP contribution in [0.3, 0.4) is 0 Å². The van der Waals surface area contributed by atoms with Gasteiger partial charge in [0.15, 0.2) is 12.1 Å². The molecule has 2 saturated heterocycles.